The Hall–Kier alpha value is -1.06. The lowest BCUT2D eigenvalue weighted by Gasteiger charge is -2.20. The molecule has 3 nitrogen and oxygen atoms in total. The smallest absolute Gasteiger partial charge is 0.122 e. The molecular weight excluding hydrogens is 238 g/mol. The Morgan fingerprint density at radius 1 is 1.16 bits per heavy atom. The van der Waals surface area contributed by atoms with E-state index >= 15 is 0 Å². The average Bonchev–Trinajstić information content (AvgIpc) is 2.32. The van der Waals surface area contributed by atoms with Crippen molar-refractivity contribution in [1.82, 2.24) is 5.32 Å². The van der Waals surface area contributed by atoms with Crippen molar-refractivity contribution in [2.75, 3.05) is 26.9 Å². The highest BCUT2D eigenvalue weighted by Crippen LogP contribution is 2.19. The van der Waals surface area contributed by atoms with Crippen LogP contribution in [0.15, 0.2) is 18.2 Å². The van der Waals surface area contributed by atoms with E-state index in [1.807, 2.05) is 6.07 Å². The lowest BCUT2D eigenvalue weighted by atomic mass is 10.1. The highest BCUT2D eigenvalue weighted by Gasteiger charge is 2.07. The van der Waals surface area contributed by atoms with Crippen LogP contribution in [0.4, 0.5) is 0 Å². The van der Waals surface area contributed by atoms with Crippen LogP contribution in [0, 0.1) is 6.92 Å². The van der Waals surface area contributed by atoms with Crippen molar-refractivity contribution in [2.45, 2.75) is 39.7 Å². The van der Waals surface area contributed by atoms with Crippen LogP contribution in [0.3, 0.4) is 0 Å². The van der Waals surface area contributed by atoms with E-state index in [0.29, 0.717) is 0 Å². The summed E-state index contributed by atoms with van der Waals surface area (Å²) in [5, 5.41) is 3.40. The van der Waals surface area contributed by atoms with E-state index in [1.165, 1.54) is 11.1 Å². The van der Waals surface area contributed by atoms with Gasteiger partial charge >= 0.3 is 0 Å². The summed E-state index contributed by atoms with van der Waals surface area (Å²) in [6, 6.07) is 6.25. The van der Waals surface area contributed by atoms with Crippen molar-refractivity contribution < 1.29 is 9.47 Å². The maximum absolute atomic E-state index is 5.65. The molecule has 0 aromatic heterocycles. The minimum Gasteiger partial charge on any atom is -0.496 e. The average molecular weight is 265 g/mol. The van der Waals surface area contributed by atoms with E-state index in [9.17, 15) is 0 Å². The van der Waals surface area contributed by atoms with Crippen LogP contribution < -0.4 is 10.1 Å². The van der Waals surface area contributed by atoms with E-state index in [2.05, 4.69) is 45.1 Å². The van der Waals surface area contributed by atoms with Crippen LogP contribution in [-0.2, 0) is 11.2 Å². The first-order chi connectivity index (χ1) is 8.92. The molecule has 0 unspecified atom stereocenters. The normalized spacial score (nSPS) is 11.6. The van der Waals surface area contributed by atoms with Crippen molar-refractivity contribution in [2.24, 2.45) is 0 Å². The Bertz CT molecular complexity index is 383. The predicted octanol–water partition coefficient (Wildman–Crippen LogP) is 2.95. The van der Waals surface area contributed by atoms with Crippen LogP contribution in [0.25, 0.3) is 0 Å². The molecule has 108 valence electrons. The summed E-state index contributed by atoms with van der Waals surface area (Å²) in [5.41, 5.74) is 2.62. The lowest BCUT2D eigenvalue weighted by Crippen LogP contribution is -2.38. The maximum atomic E-state index is 5.65. The van der Waals surface area contributed by atoms with Crippen molar-refractivity contribution in [3.63, 3.8) is 0 Å². The van der Waals surface area contributed by atoms with Gasteiger partial charge in [0.05, 0.1) is 20.3 Å². The number of rotatable bonds is 7. The third kappa shape index (κ3) is 6.60. The zero-order valence-corrected chi connectivity index (χ0v) is 12.9. The molecule has 0 saturated heterocycles. The largest absolute Gasteiger partial charge is 0.496 e. The SMILES string of the molecule is COc1ccc(C)cc1CCOCCNC(C)(C)C. The van der Waals surface area contributed by atoms with E-state index in [0.717, 1.165) is 31.9 Å². The molecule has 1 N–H and O–H groups in total. The molecule has 0 saturated carbocycles. The highest BCUT2D eigenvalue weighted by atomic mass is 16.5. The summed E-state index contributed by atoms with van der Waals surface area (Å²) in [4.78, 5) is 0. The molecule has 0 heterocycles. The number of aryl methyl sites for hydroxylation is 1. The Morgan fingerprint density at radius 2 is 1.89 bits per heavy atom. The summed E-state index contributed by atoms with van der Waals surface area (Å²) in [6.45, 7) is 10.9. The van der Waals surface area contributed by atoms with Crippen LogP contribution >= 0.6 is 0 Å². The Labute approximate surface area is 117 Å². The predicted molar refractivity (Wildman–Crippen MR) is 80.0 cm³/mol. The van der Waals surface area contributed by atoms with Crippen LogP contribution in [0.2, 0.25) is 0 Å². The van der Waals surface area contributed by atoms with Gasteiger partial charge in [0.2, 0.25) is 0 Å². The monoisotopic (exact) mass is 265 g/mol. The Balaban J connectivity index is 2.28. The van der Waals surface area contributed by atoms with Gasteiger partial charge in [0.1, 0.15) is 5.75 Å². The van der Waals surface area contributed by atoms with Crippen LogP contribution in [-0.4, -0.2) is 32.4 Å². The minimum absolute atomic E-state index is 0.156. The van der Waals surface area contributed by atoms with Gasteiger partial charge in [0.25, 0.3) is 0 Å². The molecule has 0 amide bonds. The highest BCUT2D eigenvalue weighted by molar-refractivity contribution is 5.36. The molecule has 0 spiro atoms. The molecule has 1 aromatic rings. The van der Waals surface area contributed by atoms with Crippen molar-refractivity contribution >= 4 is 0 Å². The van der Waals surface area contributed by atoms with Gasteiger partial charge in [0, 0.05) is 12.1 Å². The molecule has 1 rings (SSSR count). The molecule has 19 heavy (non-hydrogen) atoms. The number of methoxy groups -OCH3 is 1. The topological polar surface area (TPSA) is 30.5 Å². The summed E-state index contributed by atoms with van der Waals surface area (Å²) in [6.07, 6.45) is 0.889. The zero-order valence-electron chi connectivity index (χ0n) is 12.9. The number of hydrogen-bond donors (Lipinski definition) is 1. The molecule has 3 heteroatoms. The van der Waals surface area contributed by atoms with Gasteiger partial charge in [-0.3, -0.25) is 0 Å². The number of benzene rings is 1. The summed E-state index contributed by atoms with van der Waals surface area (Å²) in [7, 11) is 1.71. The molecule has 0 atom stereocenters. The van der Waals surface area contributed by atoms with E-state index in [1.54, 1.807) is 7.11 Å². The van der Waals surface area contributed by atoms with Gasteiger partial charge in [-0.15, -0.1) is 0 Å². The van der Waals surface area contributed by atoms with Gasteiger partial charge in [0.15, 0.2) is 0 Å². The van der Waals surface area contributed by atoms with Crippen molar-refractivity contribution in [1.29, 1.82) is 0 Å². The molecule has 0 fully saturated rings. The van der Waals surface area contributed by atoms with Crippen LogP contribution in [0.5, 0.6) is 5.75 Å². The van der Waals surface area contributed by atoms with Gasteiger partial charge in [-0.2, -0.15) is 0 Å². The second-order valence-electron chi connectivity index (χ2n) is 5.85. The summed E-state index contributed by atoms with van der Waals surface area (Å²) in [5.74, 6) is 0.946. The van der Waals surface area contributed by atoms with Gasteiger partial charge < -0.3 is 14.8 Å². The molecular formula is C16H27NO2. The zero-order chi connectivity index (χ0) is 14.3. The first-order valence-corrected chi connectivity index (χ1v) is 6.88. The third-order valence-electron chi connectivity index (χ3n) is 2.85. The van der Waals surface area contributed by atoms with Gasteiger partial charge in [-0.05, 0) is 45.7 Å². The number of nitrogens with one attached hydrogen (secondary N) is 1. The third-order valence-corrected chi connectivity index (χ3v) is 2.85. The number of hydrogen-bond acceptors (Lipinski definition) is 3. The van der Waals surface area contributed by atoms with E-state index in [4.69, 9.17) is 9.47 Å². The van der Waals surface area contributed by atoms with Crippen molar-refractivity contribution in [3.05, 3.63) is 29.3 Å². The van der Waals surface area contributed by atoms with Gasteiger partial charge in [-0.1, -0.05) is 17.7 Å². The molecule has 0 aliphatic carbocycles. The quantitative estimate of drug-likeness (QED) is 0.769. The first-order valence-electron chi connectivity index (χ1n) is 6.88. The fourth-order valence-electron chi connectivity index (χ4n) is 1.89. The number of ether oxygens (including phenoxy) is 2. The molecule has 0 bridgehead atoms. The maximum Gasteiger partial charge on any atom is 0.122 e. The molecule has 1 aromatic carbocycles. The lowest BCUT2D eigenvalue weighted by molar-refractivity contribution is 0.133. The summed E-state index contributed by atoms with van der Waals surface area (Å²) < 4.78 is 11.0. The molecule has 0 aliphatic heterocycles. The van der Waals surface area contributed by atoms with E-state index < -0.39 is 0 Å². The second-order valence-corrected chi connectivity index (χ2v) is 5.85. The van der Waals surface area contributed by atoms with Crippen LogP contribution in [0.1, 0.15) is 31.9 Å². The fourth-order valence-corrected chi connectivity index (χ4v) is 1.89. The van der Waals surface area contributed by atoms with E-state index in [-0.39, 0.29) is 5.54 Å². The standard InChI is InChI=1S/C16H27NO2/c1-13-6-7-15(18-5)14(12-13)8-10-19-11-9-17-16(2,3)4/h6-7,12,17H,8-11H2,1-5H3. The first kappa shape index (κ1) is 16.0. The van der Waals surface area contributed by atoms with Crippen molar-refractivity contribution in [3.8, 4) is 5.75 Å². The summed E-state index contributed by atoms with van der Waals surface area (Å²) >= 11 is 0. The second kappa shape index (κ2) is 7.51. The Morgan fingerprint density at radius 3 is 2.53 bits per heavy atom. The molecule has 0 radical (unpaired) electrons. The molecule has 0 aliphatic rings. The fraction of sp³-hybridized carbons (Fsp3) is 0.625. The Kier molecular flexibility index (Phi) is 6.32. The van der Waals surface area contributed by atoms with Gasteiger partial charge in [-0.25, -0.2) is 0 Å². The minimum atomic E-state index is 0.156.